The van der Waals surface area contributed by atoms with Crippen LogP contribution < -0.4 is 5.46 Å². The van der Waals surface area contributed by atoms with Crippen molar-refractivity contribution >= 4 is 50.7 Å². The van der Waals surface area contributed by atoms with Crippen LogP contribution >= 0.6 is 0 Å². The second-order valence-corrected chi connectivity index (χ2v) is 9.37. The van der Waals surface area contributed by atoms with Crippen molar-refractivity contribution in [2.24, 2.45) is 0 Å². The Morgan fingerprint density at radius 1 is 0.759 bits per heavy atom. The molecule has 0 amide bonds. The molecule has 6 rings (SSSR count). The molecule has 0 unspecified atom stereocenters. The number of fused-ring (bicyclic) bond motifs is 6. The first kappa shape index (κ1) is 17.3. The second-order valence-electron chi connectivity index (χ2n) is 9.37. The zero-order chi connectivity index (χ0) is 20.1. The van der Waals surface area contributed by atoms with Gasteiger partial charge in [-0.1, -0.05) is 42.5 Å². The molecule has 1 aliphatic heterocycles. The first-order valence-electron chi connectivity index (χ1n) is 10.3. The molecule has 144 valence electrons. The maximum atomic E-state index is 6.39. The Morgan fingerprint density at radius 3 is 2.17 bits per heavy atom. The van der Waals surface area contributed by atoms with Crippen molar-refractivity contribution in [1.82, 2.24) is 4.40 Å². The van der Waals surface area contributed by atoms with E-state index in [0.717, 1.165) is 5.46 Å². The number of hydrogen-bond donors (Lipinski definition) is 0. The number of benzene rings is 3. The molecule has 2 aromatic heterocycles. The SMILES string of the molecule is Cc1cccc2c1c1cc(B3OC(C)(C)C(C)(C)O3)cc3c4ccccc4n2c31. The van der Waals surface area contributed by atoms with Crippen molar-refractivity contribution in [3.63, 3.8) is 0 Å². The first-order chi connectivity index (χ1) is 13.8. The smallest absolute Gasteiger partial charge is 0.399 e. The summed E-state index contributed by atoms with van der Waals surface area (Å²) in [7, 11) is -0.365. The molecule has 0 radical (unpaired) electrons. The van der Waals surface area contributed by atoms with Gasteiger partial charge >= 0.3 is 7.12 Å². The molecule has 0 atom stereocenters. The zero-order valence-electron chi connectivity index (χ0n) is 17.5. The van der Waals surface area contributed by atoms with Gasteiger partial charge in [0, 0.05) is 21.5 Å². The number of aromatic nitrogens is 1. The molecule has 1 saturated heterocycles. The molecular formula is C25H24BNO2. The molecule has 3 aromatic carbocycles. The van der Waals surface area contributed by atoms with E-state index in [2.05, 4.69) is 93.6 Å². The number of nitrogens with zero attached hydrogens (tertiary/aromatic N) is 1. The third-order valence-electron chi connectivity index (χ3n) is 7.08. The quantitative estimate of drug-likeness (QED) is 0.361. The highest BCUT2D eigenvalue weighted by atomic mass is 16.7. The second kappa shape index (κ2) is 5.32. The molecule has 29 heavy (non-hydrogen) atoms. The minimum absolute atomic E-state index is 0.352. The van der Waals surface area contributed by atoms with E-state index in [4.69, 9.17) is 9.31 Å². The Labute approximate surface area is 170 Å². The van der Waals surface area contributed by atoms with Gasteiger partial charge in [-0.15, -0.1) is 0 Å². The third-order valence-corrected chi connectivity index (χ3v) is 7.08. The fourth-order valence-corrected chi connectivity index (χ4v) is 4.86. The lowest BCUT2D eigenvalue weighted by Crippen LogP contribution is -2.41. The number of hydrogen-bond acceptors (Lipinski definition) is 2. The van der Waals surface area contributed by atoms with Gasteiger partial charge in [0.2, 0.25) is 0 Å². The Bertz CT molecular complexity index is 1410. The maximum absolute atomic E-state index is 6.39. The van der Waals surface area contributed by atoms with Gasteiger partial charge in [0.1, 0.15) is 0 Å². The Kier molecular flexibility index (Phi) is 3.18. The molecule has 3 heterocycles. The molecule has 3 nitrogen and oxygen atoms in total. The van der Waals surface area contributed by atoms with Crippen LogP contribution in [0.3, 0.4) is 0 Å². The molecule has 4 heteroatoms. The normalized spacial score (nSPS) is 18.7. The highest BCUT2D eigenvalue weighted by molar-refractivity contribution is 6.63. The molecule has 1 fully saturated rings. The van der Waals surface area contributed by atoms with Gasteiger partial charge in [0.25, 0.3) is 0 Å². The Balaban J connectivity index is 1.75. The van der Waals surface area contributed by atoms with E-state index in [1.807, 2.05) is 0 Å². The van der Waals surface area contributed by atoms with Crippen LogP contribution in [0.25, 0.3) is 38.1 Å². The van der Waals surface area contributed by atoms with E-state index in [-0.39, 0.29) is 18.3 Å². The number of rotatable bonds is 1. The average molecular weight is 381 g/mol. The summed E-state index contributed by atoms with van der Waals surface area (Å²) < 4.78 is 15.2. The van der Waals surface area contributed by atoms with Gasteiger partial charge in [-0.05, 0) is 57.8 Å². The molecule has 0 saturated carbocycles. The topological polar surface area (TPSA) is 22.9 Å². The molecule has 0 spiro atoms. The van der Waals surface area contributed by atoms with Gasteiger partial charge in [-0.3, -0.25) is 0 Å². The van der Waals surface area contributed by atoms with E-state index in [1.165, 1.54) is 43.7 Å². The highest BCUT2D eigenvalue weighted by Gasteiger charge is 2.51. The van der Waals surface area contributed by atoms with Crippen LogP contribution in [0.2, 0.25) is 0 Å². The van der Waals surface area contributed by atoms with Crippen molar-refractivity contribution in [2.75, 3.05) is 0 Å². The Morgan fingerprint density at radius 2 is 1.41 bits per heavy atom. The maximum Gasteiger partial charge on any atom is 0.494 e. The lowest BCUT2D eigenvalue weighted by molar-refractivity contribution is 0.00578. The fourth-order valence-electron chi connectivity index (χ4n) is 4.86. The summed E-state index contributed by atoms with van der Waals surface area (Å²) in [5.41, 5.74) is 5.48. The van der Waals surface area contributed by atoms with Gasteiger partial charge in [-0.25, -0.2) is 0 Å². The van der Waals surface area contributed by atoms with Crippen molar-refractivity contribution in [3.8, 4) is 0 Å². The molecule has 0 N–H and O–H groups in total. The van der Waals surface area contributed by atoms with Crippen LogP contribution in [0.4, 0.5) is 0 Å². The van der Waals surface area contributed by atoms with E-state index < -0.39 is 0 Å². The molecular weight excluding hydrogens is 357 g/mol. The van der Waals surface area contributed by atoms with E-state index in [0.29, 0.717) is 0 Å². The van der Waals surface area contributed by atoms with Crippen LogP contribution in [-0.4, -0.2) is 22.7 Å². The largest absolute Gasteiger partial charge is 0.494 e. The van der Waals surface area contributed by atoms with Gasteiger partial charge in [0.15, 0.2) is 0 Å². The van der Waals surface area contributed by atoms with Gasteiger partial charge < -0.3 is 13.7 Å². The van der Waals surface area contributed by atoms with Crippen LogP contribution in [0, 0.1) is 6.92 Å². The molecule has 5 aromatic rings. The number of aryl methyl sites for hydroxylation is 1. The first-order valence-corrected chi connectivity index (χ1v) is 10.3. The van der Waals surface area contributed by atoms with E-state index in [1.54, 1.807) is 0 Å². The van der Waals surface area contributed by atoms with Crippen molar-refractivity contribution in [2.45, 2.75) is 45.8 Å². The Hall–Kier alpha value is -2.56. The summed E-state index contributed by atoms with van der Waals surface area (Å²) in [5, 5.41) is 5.13. The van der Waals surface area contributed by atoms with Crippen molar-refractivity contribution in [1.29, 1.82) is 0 Å². The summed E-state index contributed by atoms with van der Waals surface area (Å²) in [6.07, 6.45) is 0. The molecule has 0 aliphatic carbocycles. The summed E-state index contributed by atoms with van der Waals surface area (Å²) in [6.45, 7) is 10.6. The van der Waals surface area contributed by atoms with Crippen molar-refractivity contribution < 1.29 is 9.31 Å². The molecule has 1 aliphatic rings. The van der Waals surface area contributed by atoms with Crippen LogP contribution in [0.15, 0.2) is 54.6 Å². The van der Waals surface area contributed by atoms with Gasteiger partial charge in [-0.2, -0.15) is 0 Å². The predicted octanol–water partition coefficient (Wildman–Crippen LogP) is 5.44. The summed E-state index contributed by atoms with van der Waals surface area (Å²) in [6, 6.07) is 19.8. The number of para-hydroxylation sites is 1. The van der Waals surface area contributed by atoms with Crippen molar-refractivity contribution in [3.05, 3.63) is 60.2 Å². The predicted molar refractivity (Wildman–Crippen MR) is 122 cm³/mol. The molecule has 0 bridgehead atoms. The monoisotopic (exact) mass is 381 g/mol. The van der Waals surface area contributed by atoms with Crippen LogP contribution in [0.1, 0.15) is 33.3 Å². The lowest BCUT2D eigenvalue weighted by atomic mass is 9.77. The summed E-state index contributed by atoms with van der Waals surface area (Å²) in [4.78, 5) is 0. The van der Waals surface area contributed by atoms with Crippen LogP contribution in [-0.2, 0) is 9.31 Å². The minimum Gasteiger partial charge on any atom is -0.399 e. The van der Waals surface area contributed by atoms with Crippen LogP contribution in [0.5, 0.6) is 0 Å². The summed E-state index contributed by atoms with van der Waals surface area (Å²) >= 11 is 0. The standard InChI is InChI=1S/C25H24BNO2/c1-15-9-8-12-21-22(15)19-14-16(26-28-24(2,3)25(4,5)29-26)13-18-17-10-6-7-11-20(17)27(21)23(18)19/h6-14H,1-5H3. The zero-order valence-corrected chi connectivity index (χ0v) is 17.5. The lowest BCUT2D eigenvalue weighted by Gasteiger charge is -2.32. The average Bonchev–Trinajstić information content (AvgIpc) is 3.25. The fraction of sp³-hybridized carbons (Fsp3) is 0.280. The van der Waals surface area contributed by atoms with Gasteiger partial charge in [0.05, 0.1) is 27.8 Å². The van der Waals surface area contributed by atoms with E-state index in [9.17, 15) is 0 Å². The van der Waals surface area contributed by atoms with E-state index >= 15 is 0 Å². The minimum atomic E-state index is -0.365. The highest BCUT2D eigenvalue weighted by Crippen LogP contribution is 2.41. The summed E-state index contributed by atoms with van der Waals surface area (Å²) in [5.74, 6) is 0. The third kappa shape index (κ3) is 2.11.